The Kier molecular flexibility index (Phi) is 5.96. The van der Waals surface area contributed by atoms with Crippen molar-refractivity contribution < 1.29 is 13.9 Å². The van der Waals surface area contributed by atoms with E-state index in [0.717, 1.165) is 22.2 Å². The molecule has 31 heavy (non-hydrogen) atoms. The standard InChI is InChI=1S/C25H23ClN2O3/c1-15(2)18-6-10-23-21(13-18)28-25(31-23)17-4-8-20(9-5-17)27-24(29)14-30-22-11-7-19(26)12-16(22)3/h4-13,15H,14H2,1-3H3,(H,27,29). The van der Waals surface area contributed by atoms with Crippen LogP contribution in [0.1, 0.15) is 30.9 Å². The molecule has 0 saturated carbocycles. The summed E-state index contributed by atoms with van der Waals surface area (Å²) in [5.74, 6) is 1.37. The maximum Gasteiger partial charge on any atom is 0.262 e. The number of amides is 1. The number of hydrogen-bond acceptors (Lipinski definition) is 4. The van der Waals surface area contributed by atoms with Crippen LogP contribution in [0.15, 0.2) is 65.1 Å². The minimum atomic E-state index is -0.245. The van der Waals surface area contributed by atoms with Crippen LogP contribution in [0.4, 0.5) is 5.69 Å². The topological polar surface area (TPSA) is 64.4 Å². The maximum absolute atomic E-state index is 12.2. The molecular weight excluding hydrogens is 412 g/mol. The van der Waals surface area contributed by atoms with Crippen LogP contribution in [0.5, 0.6) is 5.75 Å². The van der Waals surface area contributed by atoms with Crippen molar-refractivity contribution in [1.82, 2.24) is 4.98 Å². The number of fused-ring (bicyclic) bond motifs is 1. The van der Waals surface area contributed by atoms with Gasteiger partial charge in [0.15, 0.2) is 12.2 Å². The van der Waals surface area contributed by atoms with E-state index in [0.29, 0.717) is 28.3 Å². The summed E-state index contributed by atoms with van der Waals surface area (Å²) in [7, 11) is 0. The second kappa shape index (κ2) is 8.82. The average Bonchev–Trinajstić information content (AvgIpc) is 3.17. The van der Waals surface area contributed by atoms with Crippen LogP contribution in [-0.4, -0.2) is 17.5 Å². The molecule has 0 saturated heterocycles. The van der Waals surface area contributed by atoms with Gasteiger partial charge in [-0.25, -0.2) is 4.98 Å². The predicted molar refractivity (Wildman–Crippen MR) is 124 cm³/mol. The van der Waals surface area contributed by atoms with Gasteiger partial charge in [0.05, 0.1) is 0 Å². The zero-order chi connectivity index (χ0) is 22.0. The van der Waals surface area contributed by atoms with E-state index in [-0.39, 0.29) is 12.5 Å². The minimum absolute atomic E-state index is 0.0897. The highest BCUT2D eigenvalue weighted by molar-refractivity contribution is 6.30. The first kappa shape index (κ1) is 20.9. The summed E-state index contributed by atoms with van der Waals surface area (Å²) in [4.78, 5) is 16.8. The number of aromatic nitrogens is 1. The first-order valence-corrected chi connectivity index (χ1v) is 10.5. The summed E-state index contributed by atoms with van der Waals surface area (Å²) in [5.41, 5.74) is 5.21. The molecule has 0 bridgehead atoms. The lowest BCUT2D eigenvalue weighted by atomic mass is 10.0. The van der Waals surface area contributed by atoms with Crippen LogP contribution in [0.25, 0.3) is 22.6 Å². The quantitative estimate of drug-likeness (QED) is 0.371. The molecule has 1 N–H and O–H groups in total. The average molecular weight is 435 g/mol. The van der Waals surface area contributed by atoms with E-state index in [1.165, 1.54) is 5.56 Å². The Morgan fingerprint density at radius 1 is 1.10 bits per heavy atom. The summed E-state index contributed by atoms with van der Waals surface area (Å²) in [6.07, 6.45) is 0. The third kappa shape index (κ3) is 4.89. The van der Waals surface area contributed by atoms with E-state index in [9.17, 15) is 4.79 Å². The van der Waals surface area contributed by atoms with E-state index in [2.05, 4.69) is 36.3 Å². The molecule has 4 aromatic rings. The first-order valence-electron chi connectivity index (χ1n) is 10.1. The number of carbonyl (C=O) groups excluding carboxylic acids is 1. The number of nitrogens with one attached hydrogen (secondary N) is 1. The summed E-state index contributed by atoms with van der Waals surface area (Å²) >= 11 is 5.94. The smallest absolute Gasteiger partial charge is 0.262 e. The first-order chi connectivity index (χ1) is 14.9. The number of oxazole rings is 1. The Bertz CT molecular complexity index is 1230. The Balaban J connectivity index is 1.41. The second-order valence-corrected chi connectivity index (χ2v) is 8.16. The van der Waals surface area contributed by atoms with Crippen molar-refractivity contribution in [3.8, 4) is 17.2 Å². The van der Waals surface area contributed by atoms with Crippen LogP contribution in [0.2, 0.25) is 5.02 Å². The third-order valence-corrected chi connectivity index (χ3v) is 5.22. The van der Waals surface area contributed by atoms with E-state index >= 15 is 0 Å². The molecule has 1 amide bonds. The van der Waals surface area contributed by atoms with Gasteiger partial charge in [0.2, 0.25) is 5.89 Å². The number of carbonyl (C=O) groups is 1. The normalized spacial score (nSPS) is 11.1. The Hall–Kier alpha value is -3.31. The fourth-order valence-electron chi connectivity index (χ4n) is 3.24. The number of anilines is 1. The lowest BCUT2D eigenvalue weighted by Crippen LogP contribution is -2.20. The largest absolute Gasteiger partial charge is 0.483 e. The number of ether oxygens (including phenoxy) is 1. The van der Waals surface area contributed by atoms with Gasteiger partial charge in [0.1, 0.15) is 11.3 Å². The summed E-state index contributed by atoms with van der Waals surface area (Å²) in [5, 5.41) is 3.46. The molecule has 0 aliphatic rings. The highest BCUT2D eigenvalue weighted by atomic mass is 35.5. The Labute approximate surface area is 186 Å². The van der Waals surface area contributed by atoms with Crippen molar-refractivity contribution >= 4 is 34.3 Å². The third-order valence-electron chi connectivity index (χ3n) is 4.99. The van der Waals surface area contributed by atoms with Gasteiger partial charge in [-0.05, 0) is 78.6 Å². The van der Waals surface area contributed by atoms with Gasteiger partial charge in [-0.15, -0.1) is 0 Å². The highest BCUT2D eigenvalue weighted by Crippen LogP contribution is 2.28. The van der Waals surface area contributed by atoms with E-state index in [1.807, 2.05) is 37.3 Å². The Morgan fingerprint density at radius 2 is 1.87 bits per heavy atom. The molecule has 3 aromatic carbocycles. The second-order valence-electron chi connectivity index (χ2n) is 7.72. The van der Waals surface area contributed by atoms with Crippen molar-refractivity contribution in [1.29, 1.82) is 0 Å². The van der Waals surface area contributed by atoms with E-state index in [4.69, 9.17) is 20.8 Å². The van der Waals surface area contributed by atoms with Crippen LogP contribution in [0.3, 0.4) is 0 Å². The van der Waals surface area contributed by atoms with Crippen molar-refractivity contribution in [2.75, 3.05) is 11.9 Å². The number of rotatable bonds is 6. The lowest BCUT2D eigenvalue weighted by molar-refractivity contribution is -0.118. The molecule has 0 aliphatic heterocycles. The van der Waals surface area contributed by atoms with Crippen molar-refractivity contribution in [3.63, 3.8) is 0 Å². The molecule has 0 radical (unpaired) electrons. The molecule has 1 heterocycles. The molecule has 0 fully saturated rings. The summed E-state index contributed by atoms with van der Waals surface area (Å²) in [6.45, 7) is 6.09. The molecule has 158 valence electrons. The van der Waals surface area contributed by atoms with Crippen molar-refractivity contribution in [2.24, 2.45) is 0 Å². The molecule has 0 spiro atoms. The molecule has 0 atom stereocenters. The SMILES string of the molecule is Cc1cc(Cl)ccc1OCC(=O)Nc1ccc(-c2nc3cc(C(C)C)ccc3o2)cc1. The summed E-state index contributed by atoms with van der Waals surface area (Å²) < 4.78 is 11.5. The Morgan fingerprint density at radius 3 is 2.58 bits per heavy atom. The number of benzene rings is 3. The maximum atomic E-state index is 12.2. The highest BCUT2D eigenvalue weighted by Gasteiger charge is 2.11. The molecule has 0 aliphatic carbocycles. The lowest BCUT2D eigenvalue weighted by Gasteiger charge is -2.10. The number of halogens is 1. The molecular formula is C25H23ClN2O3. The minimum Gasteiger partial charge on any atom is -0.483 e. The van der Waals surface area contributed by atoms with Crippen LogP contribution < -0.4 is 10.1 Å². The van der Waals surface area contributed by atoms with Crippen LogP contribution >= 0.6 is 11.6 Å². The van der Waals surface area contributed by atoms with Gasteiger partial charge in [0, 0.05) is 16.3 Å². The van der Waals surface area contributed by atoms with Gasteiger partial charge in [-0.2, -0.15) is 0 Å². The zero-order valence-corrected chi connectivity index (χ0v) is 18.4. The van der Waals surface area contributed by atoms with Gasteiger partial charge >= 0.3 is 0 Å². The van der Waals surface area contributed by atoms with E-state index in [1.54, 1.807) is 18.2 Å². The fraction of sp³-hybridized carbons (Fsp3) is 0.200. The molecule has 4 rings (SSSR count). The van der Waals surface area contributed by atoms with Gasteiger partial charge in [0.25, 0.3) is 5.91 Å². The summed E-state index contributed by atoms with van der Waals surface area (Å²) in [6, 6.07) is 18.7. The van der Waals surface area contributed by atoms with Gasteiger partial charge < -0.3 is 14.5 Å². The van der Waals surface area contributed by atoms with Gasteiger partial charge in [-0.1, -0.05) is 31.5 Å². The molecule has 6 heteroatoms. The monoisotopic (exact) mass is 434 g/mol. The van der Waals surface area contributed by atoms with Crippen LogP contribution in [-0.2, 0) is 4.79 Å². The molecule has 1 aromatic heterocycles. The zero-order valence-electron chi connectivity index (χ0n) is 17.6. The number of hydrogen-bond donors (Lipinski definition) is 1. The predicted octanol–water partition coefficient (Wildman–Crippen LogP) is 6.60. The number of aryl methyl sites for hydroxylation is 1. The molecule has 5 nitrogen and oxygen atoms in total. The fourth-order valence-corrected chi connectivity index (χ4v) is 3.46. The van der Waals surface area contributed by atoms with Crippen molar-refractivity contribution in [2.45, 2.75) is 26.7 Å². The number of nitrogens with zero attached hydrogens (tertiary/aromatic N) is 1. The van der Waals surface area contributed by atoms with Crippen LogP contribution in [0, 0.1) is 6.92 Å². The molecule has 0 unspecified atom stereocenters. The van der Waals surface area contributed by atoms with E-state index < -0.39 is 0 Å². The van der Waals surface area contributed by atoms with Gasteiger partial charge in [-0.3, -0.25) is 4.79 Å². The van der Waals surface area contributed by atoms with Crippen molar-refractivity contribution in [3.05, 3.63) is 76.8 Å².